The van der Waals surface area contributed by atoms with E-state index in [0.29, 0.717) is 0 Å². The van der Waals surface area contributed by atoms with Crippen LogP contribution in [0.25, 0.3) is 0 Å². The molecule has 10 heteroatoms. The van der Waals surface area contributed by atoms with Gasteiger partial charge in [-0.3, -0.25) is 9.52 Å². The third-order valence-corrected chi connectivity index (χ3v) is 5.49. The molecule has 0 bridgehead atoms. The fraction of sp³-hybridized carbons (Fsp3) is 0.0500. The quantitative estimate of drug-likeness (QED) is 0.634. The summed E-state index contributed by atoms with van der Waals surface area (Å²) in [6.45, 7) is 0. The van der Waals surface area contributed by atoms with Gasteiger partial charge in [-0.15, -0.1) is 8.78 Å². The molecule has 30 heavy (non-hydrogen) atoms. The number of carbonyl (C=O) groups is 1. The number of anilines is 2. The van der Waals surface area contributed by atoms with Crippen LogP contribution in [-0.2, 0) is 10.0 Å². The lowest BCUT2D eigenvalue weighted by Gasteiger charge is -2.10. The van der Waals surface area contributed by atoms with Crippen LogP contribution in [0.5, 0.6) is 11.5 Å². The van der Waals surface area contributed by atoms with Crippen molar-refractivity contribution in [3.63, 3.8) is 0 Å². The van der Waals surface area contributed by atoms with Gasteiger partial charge in [0, 0.05) is 23.0 Å². The standard InChI is InChI=1S/C20H14F2N2O5S/c21-20(22)28-17-10-9-14(12-18(17)29-20)23-19(25)13-5-4-6-15(11-13)24-30(26,27)16-7-2-1-3-8-16/h1-12,24H,(H,23,25). The van der Waals surface area contributed by atoms with Gasteiger partial charge in [-0.25, -0.2) is 8.42 Å². The van der Waals surface area contributed by atoms with Gasteiger partial charge in [0.25, 0.3) is 15.9 Å². The molecule has 0 saturated heterocycles. The average molecular weight is 432 g/mol. The van der Waals surface area contributed by atoms with E-state index >= 15 is 0 Å². The van der Waals surface area contributed by atoms with E-state index in [1.54, 1.807) is 18.2 Å². The van der Waals surface area contributed by atoms with E-state index in [9.17, 15) is 22.0 Å². The number of carbonyl (C=O) groups excluding carboxylic acids is 1. The highest BCUT2D eigenvalue weighted by Gasteiger charge is 2.43. The van der Waals surface area contributed by atoms with Crippen LogP contribution in [0.4, 0.5) is 20.2 Å². The average Bonchev–Trinajstić information content (AvgIpc) is 3.01. The van der Waals surface area contributed by atoms with Gasteiger partial charge in [0.1, 0.15) is 0 Å². The van der Waals surface area contributed by atoms with E-state index in [0.717, 1.165) is 0 Å². The number of amides is 1. The van der Waals surface area contributed by atoms with Crippen LogP contribution in [0.3, 0.4) is 0 Å². The maximum absolute atomic E-state index is 13.1. The number of halogens is 2. The first-order valence-corrected chi connectivity index (χ1v) is 10.1. The Morgan fingerprint density at radius 3 is 2.33 bits per heavy atom. The maximum atomic E-state index is 13.1. The first-order valence-electron chi connectivity index (χ1n) is 8.61. The highest BCUT2D eigenvalue weighted by Crippen LogP contribution is 2.42. The number of nitrogens with one attached hydrogen (secondary N) is 2. The van der Waals surface area contributed by atoms with Gasteiger partial charge in [0.05, 0.1) is 4.90 Å². The first-order chi connectivity index (χ1) is 14.2. The van der Waals surface area contributed by atoms with Crippen LogP contribution in [0, 0.1) is 0 Å². The lowest BCUT2D eigenvalue weighted by molar-refractivity contribution is -0.286. The van der Waals surface area contributed by atoms with Crippen LogP contribution in [0.1, 0.15) is 10.4 Å². The van der Waals surface area contributed by atoms with Crippen molar-refractivity contribution in [2.24, 2.45) is 0 Å². The van der Waals surface area contributed by atoms with Crippen molar-refractivity contribution in [2.75, 3.05) is 10.0 Å². The molecule has 0 radical (unpaired) electrons. The normalized spacial score (nSPS) is 14.2. The third-order valence-electron chi connectivity index (χ3n) is 4.09. The Kier molecular flexibility index (Phi) is 4.78. The lowest BCUT2D eigenvalue weighted by atomic mass is 10.2. The summed E-state index contributed by atoms with van der Waals surface area (Å²) in [5, 5.41) is 2.54. The van der Waals surface area contributed by atoms with E-state index in [2.05, 4.69) is 19.5 Å². The van der Waals surface area contributed by atoms with Gasteiger partial charge in [0.15, 0.2) is 11.5 Å². The summed E-state index contributed by atoms with van der Waals surface area (Å²) in [5.41, 5.74) is 0.554. The van der Waals surface area contributed by atoms with E-state index in [-0.39, 0.29) is 33.3 Å². The molecule has 1 heterocycles. The molecule has 0 aromatic heterocycles. The predicted molar refractivity (Wildman–Crippen MR) is 104 cm³/mol. The Balaban J connectivity index is 1.50. The molecular formula is C20H14F2N2O5S. The summed E-state index contributed by atoms with van der Waals surface area (Å²) in [6.07, 6.45) is -3.75. The summed E-state index contributed by atoms with van der Waals surface area (Å²) in [7, 11) is -3.82. The number of benzene rings is 3. The molecule has 2 N–H and O–H groups in total. The van der Waals surface area contributed by atoms with Crippen molar-refractivity contribution in [3.05, 3.63) is 78.4 Å². The summed E-state index contributed by atoms with van der Waals surface area (Å²) >= 11 is 0. The number of hydrogen-bond donors (Lipinski definition) is 2. The number of rotatable bonds is 5. The van der Waals surface area contributed by atoms with Crippen molar-refractivity contribution in [1.29, 1.82) is 0 Å². The van der Waals surface area contributed by atoms with Crippen molar-refractivity contribution >= 4 is 27.3 Å². The molecule has 0 atom stereocenters. The molecule has 7 nitrogen and oxygen atoms in total. The minimum absolute atomic E-state index is 0.0806. The molecule has 4 rings (SSSR count). The van der Waals surface area contributed by atoms with Crippen LogP contribution >= 0.6 is 0 Å². The zero-order valence-corrected chi connectivity index (χ0v) is 16.0. The Labute approximate surface area is 170 Å². The number of fused-ring (bicyclic) bond motifs is 1. The zero-order chi connectivity index (χ0) is 21.4. The van der Waals surface area contributed by atoms with Crippen LogP contribution < -0.4 is 19.5 Å². The highest BCUT2D eigenvalue weighted by atomic mass is 32.2. The number of alkyl halides is 2. The van der Waals surface area contributed by atoms with E-state index in [4.69, 9.17) is 0 Å². The van der Waals surface area contributed by atoms with Gasteiger partial charge in [-0.2, -0.15) is 0 Å². The number of ether oxygens (including phenoxy) is 2. The first kappa shape index (κ1) is 19.6. The topological polar surface area (TPSA) is 93.7 Å². The largest absolute Gasteiger partial charge is 0.586 e. The minimum atomic E-state index is -3.82. The molecule has 0 fully saturated rings. The summed E-state index contributed by atoms with van der Waals surface area (Å²) in [4.78, 5) is 12.6. The Morgan fingerprint density at radius 1 is 0.833 bits per heavy atom. The smallest absolute Gasteiger partial charge is 0.395 e. The maximum Gasteiger partial charge on any atom is 0.586 e. The molecule has 1 aliphatic heterocycles. The minimum Gasteiger partial charge on any atom is -0.395 e. The van der Waals surface area contributed by atoms with E-state index in [1.807, 2.05) is 0 Å². The molecule has 154 valence electrons. The molecule has 0 spiro atoms. The number of hydrogen-bond acceptors (Lipinski definition) is 5. The molecule has 3 aromatic carbocycles. The summed E-state index contributed by atoms with van der Waals surface area (Å²) in [5.74, 6) is -0.918. The second-order valence-electron chi connectivity index (χ2n) is 6.28. The predicted octanol–water partition coefficient (Wildman–Crippen LogP) is 4.06. The van der Waals surface area contributed by atoms with Gasteiger partial charge in [-0.1, -0.05) is 24.3 Å². The molecule has 0 unspecified atom stereocenters. The van der Waals surface area contributed by atoms with Crippen molar-refractivity contribution < 1.29 is 31.5 Å². The molecule has 3 aromatic rings. The van der Waals surface area contributed by atoms with Crippen LogP contribution in [0.15, 0.2) is 77.7 Å². The summed E-state index contributed by atoms with van der Waals surface area (Å²) < 4.78 is 62.2. The fourth-order valence-electron chi connectivity index (χ4n) is 2.77. The van der Waals surface area contributed by atoms with Crippen molar-refractivity contribution in [2.45, 2.75) is 11.2 Å². The van der Waals surface area contributed by atoms with Gasteiger partial charge in [0.2, 0.25) is 0 Å². The molecule has 1 amide bonds. The van der Waals surface area contributed by atoms with Gasteiger partial charge in [-0.05, 0) is 42.5 Å². The highest BCUT2D eigenvalue weighted by molar-refractivity contribution is 7.92. The summed E-state index contributed by atoms with van der Waals surface area (Å²) in [6, 6.07) is 17.5. The second kappa shape index (κ2) is 7.30. The van der Waals surface area contributed by atoms with Gasteiger partial charge < -0.3 is 14.8 Å². The molecule has 0 aliphatic carbocycles. The molecular weight excluding hydrogens is 418 g/mol. The third kappa shape index (κ3) is 4.18. The molecule has 0 saturated carbocycles. The Bertz CT molecular complexity index is 1220. The second-order valence-corrected chi connectivity index (χ2v) is 7.96. The Morgan fingerprint density at radius 2 is 1.57 bits per heavy atom. The number of sulfonamides is 1. The monoisotopic (exact) mass is 432 g/mol. The SMILES string of the molecule is O=C(Nc1ccc2c(c1)OC(F)(F)O2)c1cccc(NS(=O)(=O)c2ccccc2)c1. The van der Waals surface area contributed by atoms with E-state index < -0.39 is 22.2 Å². The van der Waals surface area contributed by atoms with Crippen LogP contribution in [-0.4, -0.2) is 20.6 Å². The fourth-order valence-corrected chi connectivity index (χ4v) is 3.84. The van der Waals surface area contributed by atoms with E-state index in [1.165, 1.54) is 54.6 Å². The van der Waals surface area contributed by atoms with Crippen molar-refractivity contribution in [3.8, 4) is 11.5 Å². The van der Waals surface area contributed by atoms with Gasteiger partial charge >= 0.3 is 6.29 Å². The Hall–Kier alpha value is -3.66. The lowest BCUT2D eigenvalue weighted by Crippen LogP contribution is -2.25. The molecule has 1 aliphatic rings. The van der Waals surface area contributed by atoms with Crippen LogP contribution in [0.2, 0.25) is 0 Å². The zero-order valence-electron chi connectivity index (χ0n) is 15.1. The van der Waals surface area contributed by atoms with Crippen molar-refractivity contribution in [1.82, 2.24) is 0 Å².